The lowest BCUT2D eigenvalue weighted by atomic mass is 10.0. The van der Waals surface area contributed by atoms with Gasteiger partial charge in [0, 0.05) is 11.9 Å². The zero-order valence-electron chi connectivity index (χ0n) is 11.3. The van der Waals surface area contributed by atoms with Crippen molar-refractivity contribution in [3.05, 3.63) is 41.7 Å². The van der Waals surface area contributed by atoms with Crippen molar-refractivity contribution in [2.75, 3.05) is 6.61 Å². The van der Waals surface area contributed by atoms with Gasteiger partial charge in [-0.1, -0.05) is 12.7 Å². The number of amides is 2. The van der Waals surface area contributed by atoms with Gasteiger partial charge in [0.2, 0.25) is 0 Å². The van der Waals surface area contributed by atoms with Crippen LogP contribution >= 0.6 is 0 Å². The molecule has 0 saturated heterocycles. The lowest BCUT2D eigenvalue weighted by molar-refractivity contribution is 0.0525. The van der Waals surface area contributed by atoms with E-state index >= 15 is 0 Å². The summed E-state index contributed by atoms with van der Waals surface area (Å²) in [4.78, 5) is 23.0. The van der Waals surface area contributed by atoms with Gasteiger partial charge in [-0.3, -0.25) is 5.32 Å². The maximum absolute atomic E-state index is 11.9. The zero-order valence-corrected chi connectivity index (χ0v) is 11.3. The third kappa shape index (κ3) is 2.45. The number of aromatic nitrogens is 1. The highest BCUT2D eigenvalue weighted by molar-refractivity contribution is 5.92. The fourth-order valence-electron chi connectivity index (χ4n) is 2.31. The number of rotatable bonds is 4. The highest BCUT2D eigenvalue weighted by Gasteiger charge is 2.24. The molecule has 2 heterocycles. The highest BCUT2D eigenvalue weighted by atomic mass is 16.5. The molecule has 0 bridgehead atoms. The standard InChI is InChI=1S/C14H17N3O3/c1-3-9-5-6-11-10(13(18)20-4-2)7-8-17(11)12(9)16-14(15)19/h3,7-8H,1,4-6H2,2H3,(H3,15,16,19). The monoisotopic (exact) mass is 275 g/mol. The summed E-state index contributed by atoms with van der Waals surface area (Å²) in [5, 5.41) is 2.58. The summed E-state index contributed by atoms with van der Waals surface area (Å²) >= 11 is 0. The van der Waals surface area contributed by atoms with Gasteiger partial charge in [0.25, 0.3) is 0 Å². The van der Waals surface area contributed by atoms with E-state index in [1.165, 1.54) is 0 Å². The van der Waals surface area contributed by atoms with Gasteiger partial charge in [-0.2, -0.15) is 0 Å². The van der Waals surface area contributed by atoms with Crippen molar-refractivity contribution in [3.63, 3.8) is 0 Å². The minimum absolute atomic E-state index is 0.323. The molecule has 1 aromatic rings. The van der Waals surface area contributed by atoms with Crippen LogP contribution in [0.4, 0.5) is 4.79 Å². The van der Waals surface area contributed by atoms with Crippen LogP contribution in [0.5, 0.6) is 0 Å². The van der Waals surface area contributed by atoms with Crippen LogP contribution in [-0.2, 0) is 11.2 Å². The molecule has 6 heteroatoms. The first-order valence-electron chi connectivity index (χ1n) is 6.38. The van der Waals surface area contributed by atoms with Crippen LogP contribution in [0.2, 0.25) is 0 Å². The molecule has 3 N–H and O–H groups in total. The topological polar surface area (TPSA) is 86.4 Å². The quantitative estimate of drug-likeness (QED) is 0.819. The molecule has 0 spiro atoms. The van der Waals surface area contributed by atoms with Crippen molar-refractivity contribution in [1.82, 2.24) is 9.88 Å². The van der Waals surface area contributed by atoms with Gasteiger partial charge in [-0.15, -0.1) is 0 Å². The number of nitrogens with zero attached hydrogens (tertiary/aromatic N) is 1. The van der Waals surface area contributed by atoms with Gasteiger partial charge >= 0.3 is 12.0 Å². The molecule has 0 aromatic carbocycles. The fourth-order valence-corrected chi connectivity index (χ4v) is 2.31. The van der Waals surface area contributed by atoms with E-state index in [0.29, 0.717) is 30.8 Å². The summed E-state index contributed by atoms with van der Waals surface area (Å²) in [5.41, 5.74) is 7.38. The van der Waals surface area contributed by atoms with Crippen LogP contribution in [0.1, 0.15) is 29.4 Å². The average molecular weight is 275 g/mol. The molecular formula is C14H17N3O3. The van der Waals surface area contributed by atoms with Gasteiger partial charge in [0.1, 0.15) is 5.82 Å². The van der Waals surface area contributed by atoms with E-state index in [0.717, 1.165) is 11.3 Å². The van der Waals surface area contributed by atoms with E-state index in [9.17, 15) is 9.59 Å². The first-order valence-corrected chi connectivity index (χ1v) is 6.38. The van der Waals surface area contributed by atoms with E-state index in [1.807, 2.05) is 0 Å². The molecule has 0 saturated carbocycles. The molecule has 20 heavy (non-hydrogen) atoms. The number of primary amides is 1. The molecule has 0 fully saturated rings. The Balaban J connectivity index is 2.45. The van der Waals surface area contributed by atoms with Gasteiger partial charge in [-0.25, -0.2) is 9.59 Å². The Hall–Kier alpha value is -2.50. The molecular weight excluding hydrogens is 258 g/mol. The van der Waals surface area contributed by atoms with Gasteiger partial charge in [0.15, 0.2) is 0 Å². The van der Waals surface area contributed by atoms with Crippen LogP contribution in [0.3, 0.4) is 0 Å². The summed E-state index contributed by atoms with van der Waals surface area (Å²) in [7, 11) is 0. The van der Waals surface area contributed by atoms with Crippen LogP contribution < -0.4 is 11.1 Å². The maximum atomic E-state index is 11.9. The summed E-state index contributed by atoms with van der Waals surface area (Å²) in [6.45, 7) is 5.81. The number of carbonyl (C=O) groups excluding carboxylic acids is 2. The smallest absolute Gasteiger partial charge is 0.339 e. The van der Waals surface area contributed by atoms with Crippen molar-refractivity contribution >= 4 is 17.8 Å². The maximum Gasteiger partial charge on any atom is 0.339 e. The minimum Gasteiger partial charge on any atom is -0.462 e. The van der Waals surface area contributed by atoms with Crippen LogP contribution in [0.25, 0.3) is 5.82 Å². The summed E-state index contributed by atoms with van der Waals surface area (Å²) in [6.07, 6.45) is 4.75. The molecule has 0 aliphatic carbocycles. The molecule has 0 atom stereocenters. The lowest BCUT2D eigenvalue weighted by Gasteiger charge is -2.22. The summed E-state index contributed by atoms with van der Waals surface area (Å²) in [5.74, 6) is 0.186. The number of carbonyl (C=O) groups is 2. The van der Waals surface area contributed by atoms with Crippen molar-refractivity contribution in [2.24, 2.45) is 5.73 Å². The third-order valence-electron chi connectivity index (χ3n) is 3.15. The molecule has 2 amide bonds. The van der Waals surface area contributed by atoms with Crippen LogP contribution in [0, 0.1) is 0 Å². The summed E-state index contributed by atoms with van der Waals surface area (Å²) < 4.78 is 6.77. The van der Waals surface area contributed by atoms with E-state index < -0.39 is 6.03 Å². The second kappa shape index (κ2) is 5.64. The largest absolute Gasteiger partial charge is 0.462 e. The van der Waals surface area contributed by atoms with E-state index in [2.05, 4.69) is 11.9 Å². The molecule has 1 aliphatic heterocycles. The number of hydrogen-bond donors (Lipinski definition) is 2. The number of ether oxygens (including phenoxy) is 1. The van der Waals surface area contributed by atoms with Crippen molar-refractivity contribution in [1.29, 1.82) is 0 Å². The second-order valence-electron chi connectivity index (χ2n) is 4.33. The Kier molecular flexibility index (Phi) is 3.93. The Labute approximate surface area is 116 Å². The van der Waals surface area contributed by atoms with Crippen LogP contribution in [0.15, 0.2) is 30.5 Å². The number of nitrogens with one attached hydrogen (secondary N) is 1. The first-order chi connectivity index (χ1) is 9.58. The number of nitrogens with two attached hydrogens (primary N) is 1. The molecule has 0 radical (unpaired) electrons. The molecule has 106 valence electrons. The van der Waals surface area contributed by atoms with Crippen LogP contribution in [-0.4, -0.2) is 23.2 Å². The number of allylic oxidation sites excluding steroid dienone is 2. The van der Waals surface area contributed by atoms with Crippen molar-refractivity contribution in [3.8, 4) is 0 Å². The molecule has 0 unspecified atom stereocenters. The van der Waals surface area contributed by atoms with E-state index in [-0.39, 0.29) is 5.97 Å². The Morgan fingerprint density at radius 2 is 2.30 bits per heavy atom. The van der Waals surface area contributed by atoms with Gasteiger partial charge in [0.05, 0.1) is 12.2 Å². The normalized spacial score (nSPS) is 13.7. The van der Waals surface area contributed by atoms with Crippen molar-refractivity contribution in [2.45, 2.75) is 19.8 Å². The average Bonchev–Trinajstić information content (AvgIpc) is 2.83. The minimum atomic E-state index is -0.654. The highest BCUT2D eigenvalue weighted by Crippen LogP contribution is 2.27. The number of fused-ring (bicyclic) bond motifs is 1. The number of urea groups is 1. The second-order valence-corrected chi connectivity index (χ2v) is 4.33. The predicted octanol–water partition coefficient (Wildman–Crippen LogP) is 1.63. The fraction of sp³-hybridized carbons (Fsp3) is 0.286. The lowest BCUT2D eigenvalue weighted by Crippen LogP contribution is -2.33. The summed E-state index contributed by atoms with van der Waals surface area (Å²) in [6, 6.07) is 1.03. The Bertz CT molecular complexity index is 599. The number of hydrogen-bond acceptors (Lipinski definition) is 3. The van der Waals surface area contributed by atoms with Gasteiger partial charge < -0.3 is 15.0 Å². The molecule has 2 rings (SSSR count). The molecule has 1 aromatic heterocycles. The Morgan fingerprint density at radius 3 is 2.90 bits per heavy atom. The molecule has 1 aliphatic rings. The third-order valence-corrected chi connectivity index (χ3v) is 3.15. The molecule has 6 nitrogen and oxygen atoms in total. The zero-order chi connectivity index (χ0) is 14.7. The van der Waals surface area contributed by atoms with Crippen molar-refractivity contribution < 1.29 is 14.3 Å². The first kappa shape index (κ1) is 13.9. The van der Waals surface area contributed by atoms with E-state index in [1.54, 1.807) is 29.8 Å². The Morgan fingerprint density at radius 1 is 1.55 bits per heavy atom. The SMILES string of the molecule is C=CC1=C(NC(N)=O)n2ccc(C(=O)OCC)c2CC1. The van der Waals surface area contributed by atoms with Gasteiger partial charge in [-0.05, 0) is 31.4 Å². The van der Waals surface area contributed by atoms with E-state index in [4.69, 9.17) is 10.5 Å². The predicted molar refractivity (Wildman–Crippen MR) is 74.8 cm³/mol. The number of esters is 1.